The zero-order valence-corrected chi connectivity index (χ0v) is 12.2. The molecule has 1 aromatic heterocycles. The maximum atomic E-state index is 4.51. The van der Waals surface area contributed by atoms with Crippen molar-refractivity contribution in [3.8, 4) is 0 Å². The standard InChI is InChI=1S/C12H20BrN3/c1-6-12(4,5)16-10-7-9(13)14-11(15-10)8(2)3/h7-8H,6H2,1-5H3,(H,14,15,16). The second-order valence-corrected chi connectivity index (χ2v) is 5.76. The molecule has 90 valence electrons. The minimum absolute atomic E-state index is 0.0576. The van der Waals surface area contributed by atoms with Gasteiger partial charge >= 0.3 is 0 Å². The minimum atomic E-state index is 0.0576. The second-order valence-electron chi connectivity index (χ2n) is 4.95. The third-order valence-electron chi connectivity index (χ3n) is 2.58. The molecule has 0 aromatic carbocycles. The van der Waals surface area contributed by atoms with Crippen LogP contribution in [0.15, 0.2) is 10.7 Å². The van der Waals surface area contributed by atoms with E-state index in [0.717, 1.165) is 22.7 Å². The Labute approximate surface area is 106 Å². The van der Waals surface area contributed by atoms with Crippen molar-refractivity contribution in [1.82, 2.24) is 9.97 Å². The fourth-order valence-corrected chi connectivity index (χ4v) is 1.59. The molecule has 0 bridgehead atoms. The monoisotopic (exact) mass is 285 g/mol. The Bertz CT molecular complexity index is 361. The van der Waals surface area contributed by atoms with Crippen molar-refractivity contribution in [2.45, 2.75) is 52.5 Å². The van der Waals surface area contributed by atoms with E-state index in [-0.39, 0.29) is 5.54 Å². The summed E-state index contributed by atoms with van der Waals surface area (Å²) in [6.07, 6.45) is 1.05. The van der Waals surface area contributed by atoms with Crippen molar-refractivity contribution in [2.75, 3.05) is 5.32 Å². The Morgan fingerprint density at radius 3 is 2.50 bits per heavy atom. The Morgan fingerprint density at radius 1 is 1.38 bits per heavy atom. The summed E-state index contributed by atoms with van der Waals surface area (Å²) < 4.78 is 0.834. The van der Waals surface area contributed by atoms with E-state index in [2.05, 4.69) is 65.8 Å². The van der Waals surface area contributed by atoms with E-state index in [0.29, 0.717) is 5.92 Å². The van der Waals surface area contributed by atoms with Crippen molar-refractivity contribution in [3.63, 3.8) is 0 Å². The lowest BCUT2D eigenvalue weighted by Crippen LogP contribution is -2.30. The SMILES string of the molecule is CCC(C)(C)Nc1cc(Br)nc(C(C)C)n1. The highest BCUT2D eigenvalue weighted by molar-refractivity contribution is 9.10. The molecule has 1 rings (SSSR count). The highest BCUT2D eigenvalue weighted by Gasteiger charge is 2.16. The first-order valence-corrected chi connectivity index (χ1v) is 6.46. The highest BCUT2D eigenvalue weighted by Crippen LogP contribution is 2.21. The lowest BCUT2D eigenvalue weighted by atomic mass is 10.0. The van der Waals surface area contributed by atoms with E-state index >= 15 is 0 Å². The normalized spacial score (nSPS) is 11.9. The summed E-state index contributed by atoms with van der Waals surface area (Å²) in [6, 6.07) is 1.92. The smallest absolute Gasteiger partial charge is 0.134 e. The van der Waals surface area contributed by atoms with Gasteiger partial charge in [-0.3, -0.25) is 0 Å². The van der Waals surface area contributed by atoms with Gasteiger partial charge in [0.15, 0.2) is 0 Å². The summed E-state index contributed by atoms with van der Waals surface area (Å²) in [5.41, 5.74) is 0.0576. The van der Waals surface area contributed by atoms with Gasteiger partial charge in [0.2, 0.25) is 0 Å². The molecule has 0 saturated heterocycles. The van der Waals surface area contributed by atoms with Crippen LogP contribution in [0.25, 0.3) is 0 Å². The summed E-state index contributed by atoms with van der Waals surface area (Å²) in [5.74, 6) is 2.09. The molecule has 1 N–H and O–H groups in total. The molecule has 1 heterocycles. The van der Waals surface area contributed by atoms with Gasteiger partial charge in [0.25, 0.3) is 0 Å². The van der Waals surface area contributed by atoms with Crippen LogP contribution in [0.5, 0.6) is 0 Å². The van der Waals surface area contributed by atoms with Crippen LogP contribution in [-0.2, 0) is 0 Å². The number of rotatable bonds is 4. The van der Waals surface area contributed by atoms with Gasteiger partial charge in [-0.05, 0) is 36.2 Å². The average Bonchev–Trinajstić information content (AvgIpc) is 2.16. The zero-order chi connectivity index (χ0) is 12.3. The van der Waals surface area contributed by atoms with E-state index in [4.69, 9.17) is 0 Å². The average molecular weight is 286 g/mol. The third-order valence-corrected chi connectivity index (χ3v) is 2.99. The predicted octanol–water partition coefficient (Wildman–Crippen LogP) is 3.96. The Balaban J connectivity index is 2.97. The number of hydrogen-bond donors (Lipinski definition) is 1. The van der Waals surface area contributed by atoms with Crippen LogP contribution < -0.4 is 5.32 Å². The van der Waals surface area contributed by atoms with Gasteiger partial charge in [0.05, 0.1) is 0 Å². The molecule has 0 saturated carbocycles. The topological polar surface area (TPSA) is 37.8 Å². The molecule has 0 atom stereocenters. The minimum Gasteiger partial charge on any atom is -0.365 e. The molecule has 4 heteroatoms. The summed E-state index contributed by atoms with van der Waals surface area (Å²) in [6.45, 7) is 10.7. The lowest BCUT2D eigenvalue weighted by Gasteiger charge is -2.25. The molecule has 0 radical (unpaired) electrons. The summed E-state index contributed by atoms with van der Waals surface area (Å²) in [7, 11) is 0. The van der Waals surface area contributed by atoms with E-state index in [1.54, 1.807) is 0 Å². The number of nitrogens with one attached hydrogen (secondary N) is 1. The Morgan fingerprint density at radius 2 is 2.00 bits per heavy atom. The molecule has 0 amide bonds. The number of aromatic nitrogens is 2. The summed E-state index contributed by atoms with van der Waals surface area (Å²) >= 11 is 3.42. The lowest BCUT2D eigenvalue weighted by molar-refractivity contribution is 0.543. The number of hydrogen-bond acceptors (Lipinski definition) is 3. The molecule has 0 fully saturated rings. The first kappa shape index (κ1) is 13.4. The van der Waals surface area contributed by atoms with E-state index in [1.165, 1.54) is 0 Å². The van der Waals surface area contributed by atoms with Crippen molar-refractivity contribution < 1.29 is 0 Å². The Kier molecular flexibility index (Phi) is 4.30. The van der Waals surface area contributed by atoms with Crippen LogP contribution in [0.4, 0.5) is 5.82 Å². The van der Waals surface area contributed by atoms with Crippen LogP contribution in [0, 0.1) is 0 Å². The molecule has 1 aromatic rings. The second kappa shape index (κ2) is 5.13. The Hall–Kier alpha value is -0.640. The van der Waals surface area contributed by atoms with Gasteiger partial charge in [0.1, 0.15) is 16.2 Å². The maximum Gasteiger partial charge on any atom is 0.134 e. The van der Waals surface area contributed by atoms with Crippen molar-refractivity contribution in [1.29, 1.82) is 0 Å². The molecule has 0 unspecified atom stereocenters. The van der Waals surface area contributed by atoms with Crippen molar-refractivity contribution in [2.24, 2.45) is 0 Å². The van der Waals surface area contributed by atoms with Crippen LogP contribution >= 0.6 is 15.9 Å². The van der Waals surface area contributed by atoms with E-state index in [9.17, 15) is 0 Å². The quantitative estimate of drug-likeness (QED) is 0.851. The first-order chi connectivity index (χ1) is 7.34. The molecule has 16 heavy (non-hydrogen) atoms. The molecule has 0 spiro atoms. The highest BCUT2D eigenvalue weighted by atomic mass is 79.9. The van der Waals surface area contributed by atoms with Crippen molar-refractivity contribution in [3.05, 3.63) is 16.5 Å². The van der Waals surface area contributed by atoms with Crippen molar-refractivity contribution >= 4 is 21.7 Å². The number of nitrogens with zero attached hydrogens (tertiary/aromatic N) is 2. The molecule has 3 nitrogen and oxygen atoms in total. The van der Waals surface area contributed by atoms with Crippen LogP contribution in [0.3, 0.4) is 0 Å². The summed E-state index contributed by atoms with van der Waals surface area (Å²) in [4.78, 5) is 8.87. The fraction of sp³-hybridized carbons (Fsp3) is 0.667. The zero-order valence-electron chi connectivity index (χ0n) is 10.6. The fourth-order valence-electron chi connectivity index (χ4n) is 1.19. The van der Waals surface area contributed by atoms with Crippen LogP contribution in [-0.4, -0.2) is 15.5 Å². The molecular formula is C12H20BrN3. The van der Waals surface area contributed by atoms with E-state index < -0.39 is 0 Å². The van der Waals surface area contributed by atoms with Gasteiger partial charge < -0.3 is 5.32 Å². The molecule has 0 aliphatic rings. The number of halogens is 1. The van der Waals surface area contributed by atoms with Crippen LogP contribution in [0.1, 0.15) is 52.8 Å². The largest absolute Gasteiger partial charge is 0.365 e. The van der Waals surface area contributed by atoms with Gasteiger partial charge in [-0.25, -0.2) is 9.97 Å². The molecule has 0 aliphatic heterocycles. The van der Waals surface area contributed by atoms with Gasteiger partial charge in [-0.1, -0.05) is 20.8 Å². The molecular weight excluding hydrogens is 266 g/mol. The third kappa shape index (κ3) is 3.74. The maximum absolute atomic E-state index is 4.51. The first-order valence-electron chi connectivity index (χ1n) is 5.66. The summed E-state index contributed by atoms with van der Waals surface area (Å²) in [5, 5.41) is 3.42. The van der Waals surface area contributed by atoms with E-state index in [1.807, 2.05) is 6.07 Å². The number of anilines is 1. The van der Waals surface area contributed by atoms with Gasteiger partial charge in [-0.15, -0.1) is 0 Å². The molecule has 0 aliphatic carbocycles. The van der Waals surface area contributed by atoms with Gasteiger partial charge in [-0.2, -0.15) is 0 Å². The van der Waals surface area contributed by atoms with Gasteiger partial charge in [0, 0.05) is 17.5 Å². The predicted molar refractivity (Wildman–Crippen MR) is 71.8 cm³/mol. The van der Waals surface area contributed by atoms with Crippen LogP contribution in [0.2, 0.25) is 0 Å².